The number of ether oxygens (including phenoxy) is 2. The second kappa shape index (κ2) is 10.2. The molecule has 1 aromatic heterocycles. The van der Waals surface area contributed by atoms with Crippen LogP contribution in [0.4, 0.5) is 0 Å². The van der Waals surface area contributed by atoms with E-state index in [1.54, 1.807) is 24.4 Å². The van der Waals surface area contributed by atoms with E-state index in [0.29, 0.717) is 29.3 Å². The van der Waals surface area contributed by atoms with E-state index in [-0.39, 0.29) is 18.0 Å². The fourth-order valence-electron chi connectivity index (χ4n) is 3.07. The number of nitrogens with zero attached hydrogens (tertiary/aromatic N) is 3. The van der Waals surface area contributed by atoms with Crippen LogP contribution in [-0.2, 0) is 0 Å². The Morgan fingerprint density at radius 2 is 1.50 bits per heavy atom. The second-order valence-electron chi connectivity index (χ2n) is 7.57. The molecule has 2 unspecified atom stereocenters. The number of carbonyl (C=O) groups is 1. The van der Waals surface area contributed by atoms with Gasteiger partial charge in [0.15, 0.2) is 0 Å². The summed E-state index contributed by atoms with van der Waals surface area (Å²) in [7, 11) is 7.93. The smallest absolute Gasteiger partial charge is 0.228 e. The van der Waals surface area contributed by atoms with Gasteiger partial charge in [0.05, 0.1) is 0 Å². The molecule has 6 nitrogen and oxygen atoms in total. The van der Waals surface area contributed by atoms with Crippen molar-refractivity contribution in [3.05, 3.63) is 53.7 Å². The van der Waals surface area contributed by atoms with Crippen molar-refractivity contribution in [2.45, 2.75) is 26.1 Å². The van der Waals surface area contributed by atoms with E-state index in [9.17, 15) is 4.79 Å². The monoisotopic (exact) mass is 385 g/mol. The van der Waals surface area contributed by atoms with Gasteiger partial charge in [-0.25, -0.2) is 4.98 Å². The first-order chi connectivity index (χ1) is 13.3. The third kappa shape index (κ3) is 6.32. The minimum Gasteiger partial charge on any atom is -0.488 e. The van der Waals surface area contributed by atoms with Crippen molar-refractivity contribution in [3.8, 4) is 11.6 Å². The number of carbonyl (C=O) groups excluding carboxylic acids is 1. The van der Waals surface area contributed by atoms with Crippen LogP contribution in [0.25, 0.3) is 0 Å². The second-order valence-corrected chi connectivity index (χ2v) is 7.57. The Balaban J connectivity index is 2.41. The van der Waals surface area contributed by atoms with E-state index in [1.807, 2.05) is 70.0 Å². The lowest BCUT2D eigenvalue weighted by Gasteiger charge is -2.23. The molecule has 0 radical (unpaired) electrons. The molecule has 0 saturated heterocycles. The third-order valence-electron chi connectivity index (χ3n) is 4.03. The van der Waals surface area contributed by atoms with Crippen LogP contribution < -0.4 is 9.47 Å². The van der Waals surface area contributed by atoms with Gasteiger partial charge in [-0.2, -0.15) is 0 Å². The van der Waals surface area contributed by atoms with Crippen LogP contribution in [0.5, 0.6) is 11.6 Å². The van der Waals surface area contributed by atoms with Gasteiger partial charge in [0.25, 0.3) is 0 Å². The van der Waals surface area contributed by atoms with Crippen molar-refractivity contribution in [1.29, 1.82) is 0 Å². The van der Waals surface area contributed by atoms with Crippen molar-refractivity contribution in [1.82, 2.24) is 14.8 Å². The Kier molecular flexibility index (Phi) is 7.96. The van der Waals surface area contributed by atoms with Crippen molar-refractivity contribution < 1.29 is 14.3 Å². The number of ketones is 1. The van der Waals surface area contributed by atoms with E-state index in [4.69, 9.17) is 9.47 Å². The van der Waals surface area contributed by atoms with E-state index >= 15 is 0 Å². The number of pyridine rings is 1. The molecule has 0 N–H and O–H groups in total. The van der Waals surface area contributed by atoms with Gasteiger partial charge in [0, 0.05) is 24.8 Å². The van der Waals surface area contributed by atoms with Crippen molar-refractivity contribution in [2.75, 3.05) is 41.3 Å². The topological polar surface area (TPSA) is 54.9 Å². The zero-order valence-corrected chi connectivity index (χ0v) is 17.7. The fraction of sp³-hybridized carbons (Fsp3) is 0.455. The molecule has 0 amide bonds. The van der Waals surface area contributed by atoms with Crippen LogP contribution in [0.3, 0.4) is 0 Å². The largest absolute Gasteiger partial charge is 0.488 e. The summed E-state index contributed by atoms with van der Waals surface area (Å²) in [5.74, 6) is 0.635. The normalized spacial score (nSPS) is 13.4. The molecule has 0 aliphatic rings. The average molecular weight is 386 g/mol. The summed E-state index contributed by atoms with van der Waals surface area (Å²) < 4.78 is 12.1. The Hall–Kier alpha value is -2.44. The molecule has 1 aromatic carbocycles. The molecule has 6 heteroatoms. The molecule has 0 saturated carbocycles. The molecule has 0 bridgehead atoms. The van der Waals surface area contributed by atoms with Crippen molar-refractivity contribution >= 4 is 5.78 Å². The first-order valence-electron chi connectivity index (χ1n) is 9.49. The zero-order valence-electron chi connectivity index (χ0n) is 17.7. The summed E-state index contributed by atoms with van der Waals surface area (Å²) in [6, 6.07) is 10.9. The van der Waals surface area contributed by atoms with E-state index in [2.05, 4.69) is 4.98 Å². The number of hydrogen-bond donors (Lipinski definition) is 0. The summed E-state index contributed by atoms with van der Waals surface area (Å²) in [6.45, 7) is 5.38. The molecule has 0 aliphatic heterocycles. The number of rotatable bonds is 10. The minimum atomic E-state index is -0.159. The van der Waals surface area contributed by atoms with Crippen molar-refractivity contribution in [2.24, 2.45) is 0 Å². The van der Waals surface area contributed by atoms with Gasteiger partial charge in [0.2, 0.25) is 11.7 Å². The van der Waals surface area contributed by atoms with Gasteiger partial charge in [-0.1, -0.05) is 30.3 Å². The standard InChI is InChI=1S/C22H31N3O3/c1-16(14-24(3)4)27-19-12-13-23-22(28-17(2)15-25(5)6)20(19)21(26)18-10-8-7-9-11-18/h7-13,16-17H,14-15H2,1-6H3. The van der Waals surface area contributed by atoms with Gasteiger partial charge in [-0.3, -0.25) is 4.79 Å². The Morgan fingerprint density at radius 3 is 2.07 bits per heavy atom. The van der Waals surface area contributed by atoms with Crippen LogP contribution >= 0.6 is 0 Å². The molecule has 1 heterocycles. The number of aromatic nitrogens is 1. The van der Waals surface area contributed by atoms with E-state index in [1.165, 1.54) is 0 Å². The zero-order chi connectivity index (χ0) is 20.7. The molecule has 28 heavy (non-hydrogen) atoms. The summed E-state index contributed by atoms with van der Waals surface area (Å²) in [6.07, 6.45) is 1.41. The molecule has 0 spiro atoms. The first-order valence-corrected chi connectivity index (χ1v) is 9.49. The maximum atomic E-state index is 13.3. The number of benzene rings is 1. The molecule has 152 valence electrons. The number of hydrogen-bond acceptors (Lipinski definition) is 6. The number of likely N-dealkylation sites (N-methyl/N-ethyl adjacent to an activating group) is 2. The van der Waals surface area contributed by atoms with Gasteiger partial charge in [-0.15, -0.1) is 0 Å². The molecular formula is C22H31N3O3. The lowest BCUT2D eigenvalue weighted by atomic mass is 10.0. The SMILES string of the molecule is CC(CN(C)C)Oc1ccnc(OC(C)CN(C)C)c1C(=O)c1ccccc1. The van der Waals surface area contributed by atoms with E-state index in [0.717, 1.165) is 6.54 Å². The molecule has 0 fully saturated rings. The van der Waals surface area contributed by atoms with Crippen LogP contribution in [0.2, 0.25) is 0 Å². The van der Waals surface area contributed by atoms with Gasteiger partial charge in [0.1, 0.15) is 23.5 Å². The average Bonchev–Trinajstić information content (AvgIpc) is 2.60. The summed E-state index contributed by atoms with van der Waals surface area (Å²) in [5.41, 5.74) is 0.940. The van der Waals surface area contributed by atoms with E-state index < -0.39 is 0 Å². The van der Waals surface area contributed by atoms with Crippen molar-refractivity contribution in [3.63, 3.8) is 0 Å². The van der Waals surface area contributed by atoms with Crippen LogP contribution in [-0.4, -0.2) is 74.1 Å². The molecule has 0 aliphatic carbocycles. The lowest BCUT2D eigenvalue weighted by Crippen LogP contribution is -2.30. The van der Waals surface area contributed by atoms with Crippen LogP contribution in [0.1, 0.15) is 29.8 Å². The maximum absolute atomic E-state index is 13.3. The highest BCUT2D eigenvalue weighted by molar-refractivity contribution is 6.12. The molecule has 2 atom stereocenters. The minimum absolute atomic E-state index is 0.0910. The lowest BCUT2D eigenvalue weighted by molar-refractivity contribution is 0.101. The van der Waals surface area contributed by atoms with Gasteiger partial charge in [-0.05, 0) is 48.1 Å². The van der Waals surface area contributed by atoms with Crippen LogP contribution in [0, 0.1) is 0 Å². The third-order valence-corrected chi connectivity index (χ3v) is 4.03. The summed E-state index contributed by atoms with van der Waals surface area (Å²) in [4.78, 5) is 21.7. The van der Waals surface area contributed by atoms with Gasteiger partial charge < -0.3 is 19.3 Å². The highest BCUT2D eigenvalue weighted by atomic mass is 16.5. The summed E-state index contributed by atoms with van der Waals surface area (Å²) in [5, 5.41) is 0. The highest BCUT2D eigenvalue weighted by Crippen LogP contribution is 2.30. The van der Waals surface area contributed by atoms with Crippen LogP contribution in [0.15, 0.2) is 42.6 Å². The predicted molar refractivity (Wildman–Crippen MR) is 111 cm³/mol. The Bertz CT molecular complexity index is 727. The van der Waals surface area contributed by atoms with Gasteiger partial charge >= 0.3 is 0 Å². The highest BCUT2D eigenvalue weighted by Gasteiger charge is 2.24. The summed E-state index contributed by atoms with van der Waals surface area (Å²) >= 11 is 0. The first kappa shape index (κ1) is 21.9. The fourth-order valence-corrected chi connectivity index (χ4v) is 3.07. The Morgan fingerprint density at radius 1 is 0.929 bits per heavy atom. The quantitative estimate of drug-likeness (QED) is 0.586. The Labute approximate surface area is 168 Å². The molecular weight excluding hydrogens is 354 g/mol. The molecule has 2 rings (SSSR count). The maximum Gasteiger partial charge on any atom is 0.228 e. The molecule has 2 aromatic rings. The predicted octanol–water partition coefficient (Wildman–Crippen LogP) is 2.97.